The predicted molar refractivity (Wildman–Crippen MR) is 118 cm³/mol. The lowest BCUT2D eigenvalue weighted by molar-refractivity contribution is 0.100. The Morgan fingerprint density at radius 3 is 2.42 bits per heavy atom. The van der Waals surface area contributed by atoms with Crippen LogP contribution in [-0.2, 0) is 6.54 Å². The fourth-order valence-electron chi connectivity index (χ4n) is 2.54. The number of carbonyl (C=O) groups is 1. The van der Waals surface area contributed by atoms with E-state index in [1.54, 1.807) is 19.2 Å². The summed E-state index contributed by atoms with van der Waals surface area (Å²) >= 11 is 0. The van der Waals surface area contributed by atoms with Gasteiger partial charge in [0.25, 0.3) is 0 Å². The van der Waals surface area contributed by atoms with Crippen molar-refractivity contribution in [1.29, 1.82) is 0 Å². The van der Waals surface area contributed by atoms with Crippen LogP contribution in [0.5, 0.6) is 0 Å². The van der Waals surface area contributed by atoms with E-state index in [0.717, 1.165) is 18.1 Å². The molecule has 0 aromatic heterocycles. The molecule has 0 saturated carbocycles. The summed E-state index contributed by atoms with van der Waals surface area (Å²) in [4.78, 5) is 15.3. The highest BCUT2D eigenvalue weighted by Crippen LogP contribution is 2.15. The Morgan fingerprint density at radius 1 is 1.15 bits per heavy atom. The van der Waals surface area contributed by atoms with E-state index < -0.39 is 5.91 Å². The van der Waals surface area contributed by atoms with Crippen molar-refractivity contribution in [2.75, 3.05) is 13.6 Å². The van der Waals surface area contributed by atoms with Crippen molar-refractivity contribution >= 4 is 35.8 Å². The van der Waals surface area contributed by atoms with Crippen molar-refractivity contribution in [1.82, 2.24) is 10.6 Å². The molecular formula is C20H27IN4O. The molecule has 2 aromatic carbocycles. The minimum atomic E-state index is -0.415. The Hall–Kier alpha value is -2.09. The molecule has 2 aromatic rings. The molecule has 0 aliphatic carbocycles. The van der Waals surface area contributed by atoms with Gasteiger partial charge in [-0.15, -0.1) is 24.0 Å². The van der Waals surface area contributed by atoms with Crippen LogP contribution in [-0.4, -0.2) is 25.5 Å². The third-order valence-electron chi connectivity index (χ3n) is 4.11. The highest BCUT2D eigenvalue weighted by Gasteiger charge is 2.07. The number of guanidine groups is 1. The van der Waals surface area contributed by atoms with Crippen LogP contribution >= 0.6 is 24.0 Å². The number of aryl methyl sites for hydroxylation is 1. The summed E-state index contributed by atoms with van der Waals surface area (Å²) in [5.41, 5.74) is 9.40. The second-order valence-corrected chi connectivity index (χ2v) is 6.18. The van der Waals surface area contributed by atoms with Gasteiger partial charge in [-0.3, -0.25) is 9.79 Å². The Bertz CT molecular complexity index is 744. The fraction of sp³-hybridized carbons (Fsp3) is 0.300. The zero-order valence-electron chi connectivity index (χ0n) is 15.5. The number of carbonyl (C=O) groups excluding carboxylic acids is 1. The third-order valence-corrected chi connectivity index (χ3v) is 4.11. The normalized spacial score (nSPS) is 12.0. The first-order chi connectivity index (χ1) is 12.0. The van der Waals surface area contributed by atoms with Gasteiger partial charge in [0.05, 0.1) is 0 Å². The van der Waals surface area contributed by atoms with Crippen LogP contribution in [0.15, 0.2) is 53.5 Å². The molecule has 4 N–H and O–H groups in total. The number of nitrogens with zero attached hydrogens (tertiary/aromatic N) is 1. The van der Waals surface area contributed by atoms with E-state index in [0.29, 0.717) is 18.0 Å². The van der Waals surface area contributed by atoms with Gasteiger partial charge < -0.3 is 16.4 Å². The molecule has 140 valence electrons. The number of nitrogens with one attached hydrogen (secondary N) is 2. The van der Waals surface area contributed by atoms with Crippen LogP contribution in [0.4, 0.5) is 0 Å². The van der Waals surface area contributed by atoms with Crippen LogP contribution in [0, 0.1) is 6.92 Å². The quantitative estimate of drug-likeness (QED) is 0.348. The number of rotatable bonds is 6. The molecule has 6 heteroatoms. The number of benzene rings is 2. The minimum absolute atomic E-state index is 0. The summed E-state index contributed by atoms with van der Waals surface area (Å²) in [6.07, 6.45) is 0. The van der Waals surface area contributed by atoms with Gasteiger partial charge in [0.2, 0.25) is 5.91 Å². The van der Waals surface area contributed by atoms with Gasteiger partial charge in [-0.05, 0) is 36.1 Å². The minimum Gasteiger partial charge on any atom is -0.366 e. The van der Waals surface area contributed by atoms with E-state index in [9.17, 15) is 4.79 Å². The van der Waals surface area contributed by atoms with Crippen molar-refractivity contribution in [3.8, 4) is 0 Å². The van der Waals surface area contributed by atoms with E-state index in [4.69, 9.17) is 5.73 Å². The molecule has 0 bridgehead atoms. The summed E-state index contributed by atoms with van der Waals surface area (Å²) in [5, 5.41) is 6.63. The second-order valence-electron chi connectivity index (χ2n) is 6.18. The maximum atomic E-state index is 11.1. The molecule has 5 nitrogen and oxygen atoms in total. The highest BCUT2D eigenvalue weighted by molar-refractivity contribution is 14.0. The first kappa shape index (κ1) is 22.0. The number of hydrogen-bond donors (Lipinski definition) is 3. The van der Waals surface area contributed by atoms with Gasteiger partial charge in [-0.1, -0.05) is 48.9 Å². The largest absolute Gasteiger partial charge is 0.366 e. The molecule has 0 radical (unpaired) electrons. The maximum absolute atomic E-state index is 11.1. The molecule has 0 fully saturated rings. The lowest BCUT2D eigenvalue weighted by Gasteiger charge is -2.17. The monoisotopic (exact) mass is 466 g/mol. The van der Waals surface area contributed by atoms with Crippen LogP contribution in [0.2, 0.25) is 0 Å². The van der Waals surface area contributed by atoms with Crippen molar-refractivity contribution < 1.29 is 4.79 Å². The van der Waals surface area contributed by atoms with Crippen LogP contribution in [0.25, 0.3) is 0 Å². The maximum Gasteiger partial charge on any atom is 0.248 e. The van der Waals surface area contributed by atoms with Crippen molar-refractivity contribution in [2.24, 2.45) is 10.7 Å². The molecule has 0 aliphatic rings. The van der Waals surface area contributed by atoms with Gasteiger partial charge in [-0.2, -0.15) is 0 Å². The van der Waals surface area contributed by atoms with Gasteiger partial charge in [0.1, 0.15) is 0 Å². The lowest BCUT2D eigenvalue weighted by atomic mass is 9.99. The Kier molecular flexibility index (Phi) is 9.12. The molecule has 2 rings (SSSR count). The third kappa shape index (κ3) is 6.67. The lowest BCUT2D eigenvalue weighted by Crippen LogP contribution is -2.38. The number of primary amides is 1. The number of aliphatic imine (C=N–C) groups is 1. The standard InChI is InChI=1S/C20H26N4O.HI/c1-14-5-4-6-18(11-14)15(2)12-23-20(22-3)24-13-16-7-9-17(10-8-16)19(21)25;/h4-11,15H,12-13H2,1-3H3,(H2,21,25)(H2,22,23,24);1H. The average molecular weight is 466 g/mol. The highest BCUT2D eigenvalue weighted by atomic mass is 127. The van der Waals surface area contributed by atoms with Gasteiger partial charge in [0.15, 0.2) is 5.96 Å². The summed E-state index contributed by atoms with van der Waals surface area (Å²) in [6.45, 7) is 5.71. The van der Waals surface area contributed by atoms with Gasteiger partial charge in [0, 0.05) is 25.7 Å². The van der Waals surface area contributed by atoms with E-state index in [1.165, 1.54) is 11.1 Å². The summed E-state index contributed by atoms with van der Waals surface area (Å²) < 4.78 is 0. The molecule has 26 heavy (non-hydrogen) atoms. The van der Waals surface area contributed by atoms with Crippen LogP contribution in [0.3, 0.4) is 0 Å². The topological polar surface area (TPSA) is 79.5 Å². The first-order valence-electron chi connectivity index (χ1n) is 8.39. The Balaban J connectivity index is 0.00000338. The zero-order chi connectivity index (χ0) is 18.2. The number of amides is 1. The molecule has 1 atom stereocenters. The number of halogens is 1. The summed E-state index contributed by atoms with van der Waals surface area (Å²) in [5.74, 6) is 0.717. The van der Waals surface area contributed by atoms with Crippen LogP contribution < -0.4 is 16.4 Å². The molecule has 1 unspecified atom stereocenters. The van der Waals surface area contributed by atoms with E-state index in [-0.39, 0.29) is 24.0 Å². The molecular weight excluding hydrogens is 439 g/mol. The van der Waals surface area contributed by atoms with E-state index >= 15 is 0 Å². The van der Waals surface area contributed by atoms with E-state index in [2.05, 4.69) is 53.7 Å². The Labute approximate surface area is 172 Å². The van der Waals surface area contributed by atoms with Crippen molar-refractivity contribution in [3.05, 3.63) is 70.8 Å². The number of hydrogen-bond acceptors (Lipinski definition) is 2. The fourth-order valence-corrected chi connectivity index (χ4v) is 2.54. The smallest absolute Gasteiger partial charge is 0.248 e. The Morgan fingerprint density at radius 2 is 1.85 bits per heavy atom. The van der Waals surface area contributed by atoms with Crippen molar-refractivity contribution in [2.45, 2.75) is 26.3 Å². The summed E-state index contributed by atoms with van der Waals surface area (Å²) in [6, 6.07) is 15.8. The summed E-state index contributed by atoms with van der Waals surface area (Å²) in [7, 11) is 1.75. The van der Waals surface area contributed by atoms with E-state index in [1.807, 2.05) is 12.1 Å². The average Bonchev–Trinajstić information content (AvgIpc) is 2.62. The molecule has 0 aliphatic heterocycles. The van der Waals surface area contributed by atoms with Crippen LogP contribution in [0.1, 0.15) is 39.9 Å². The molecule has 0 spiro atoms. The molecule has 0 saturated heterocycles. The van der Waals surface area contributed by atoms with Crippen molar-refractivity contribution in [3.63, 3.8) is 0 Å². The first-order valence-corrected chi connectivity index (χ1v) is 8.39. The van der Waals surface area contributed by atoms with Gasteiger partial charge in [-0.25, -0.2) is 0 Å². The zero-order valence-corrected chi connectivity index (χ0v) is 17.8. The second kappa shape index (κ2) is 10.8. The van der Waals surface area contributed by atoms with Gasteiger partial charge >= 0.3 is 0 Å². The predicted octanol–water partition coefficient (Wildman–Crippen LogP) is 3.18. The number of nitrogens with two attached hydrogens (primary N) is 1. The molecule has 1 amide bonds. The SMILES string of the molecule is CN=C(NCc1ccc(C(N)=O)cc1)NCC(C)c1cccc(C)c1.I. The molecule has 0 heterocycles.